The summed E-state index contributed by atoms with van der Waals surface area (Å²) in [4.78, 5) is 10.0. The number of anilines is 1. The van der Waals surface area contributed by atoms with Gasteiger partial charge in [-0.05, 0) is 55.7 Å². The Labute approximate surface area is 158 Å². The van der Waals surface area contributed by atoms with Gasteiger partial charge in [0, 0.05) is 53.7 Å². The monoisotopic (exact) mass is 357 g/mol. The van der Waals surface area contributed by atoms with Gasteiger partial charge >= 0.3 is 0 Å². The molecule has 0 spiro atoms. The molecule has 2 N–H and O–H groups in total. The normalized spacial score (nSPS) is 15.5. The van der Waals surface area contributed by atoms with Gasteiger partial charge in [-0.15, -0.1) is 0 Å². The number of hydrogen-bond donors (Lipinski definition) is 2. The summed E-state index contributed by atoms with van der Waals surface area (Å²) < 4.78 is 0. The maximum absolute atomic E-state index is 4.60. The number of rotatable bonds is 3. The molecule has 5 rings (SSSR count). The largest absolute Gasteiger partial charge is 0.371 e. The number of aromatic nitrogens is 4. The molecule has 1 aliphatic rings. The first-order valence-electron chi connectivity index (χ1n) is 9.57. The molecule has 4 heterocycles. The van der Waals surface area contributed by atoms with Crippen molar-refractivity contribution in [3.8, 4) is 11.3 Å². The van der Waals surface area contributed by atoms with Crippen molar-refractivity contribution >= 4 is 16.7 Å². The predicted octanol–water partition coefficient (Wildman–Crippen LogP) is 4.65. The fraction of sp³-hybridized carbons (Fsp3) is 0.273. The van der Waals surface area contributed by atoms with Crippen molar-refractivity contribution in [1.82, 2.24) is 20.2 Å². The topological polar surface area (TPSA) is 60.6 Å². The lowest BCUT2D eigenvalue weighted by Gasteiger charge is -2.33. The molecule has 136 valence electrons. The highest BCUT2D eigenvalue weighted by atomic mass is 15.1. The Morgan fingerprint density at radius 3 is 2.81 bits per heavy atom. The number of aryl methyl sites for hydroxylation is 1. The second-order valence-corrected chi connectivity index (χ2v) is 7.41. The molecule has 1 aromatic carbocycles. The summed E-state index contributed by atoms with van der Waals surface area (Å²) in [6.07, 6.45) is 6.05. The van der Waals surface area contributed by atoms with Crippen LogP contribution in [0.3, 0.4) is 0 Å². The van der Waals surface area contributed by atoms with Gasteiger partial charge in [0.15, 0.2) is 0 Å². The van der Waals surface area contributed by atoms with E-state index < -0.39 is 0 Å². The maximum Gasteiger partial charge on any atom is 0.137 e. The van der Waals surface area contributed by atoms with Crippen LogP contribution in [0.1, 0.15) is 30.0 Å². The van der Waals surface area contributed by atoms with Crippen molar-refractivity contribution < 1.29 is 0 Å². The lowest BCUT2D eigenvalue weighted by Crippen LogP contribution is -2.32. The van der Waals surface area contributed by atoms with Gasteiger partial charge in [-0.3, -0.25) is 5.10 Å². The Kier molecular flexibility index (Phi) is 3.93. The highest BCUT2D eigenvalue weighted by molar-refractivity contribution is 5.91. The van der Waals surface area contributed by atoms with Crippen molar-refractivity contribution in [3.63, 3.8) is 0 Å². The average Bonchev–Trinajstić information content (AvgIpc) is 3.37. The Bertz CT molecular complexity index is 1070. The Balaban J connectivity index is 1.33. The van der Waals surface area contributed by atoms with E-state index in [1.807, 2.05) is 18.5 Å². The Morgan fingerprint density at radius 1 is 1.07 bits per heavy atom. The molecule has 5 heteroatoms. The molecule has 27 heavy (non-hydrogen) atoms. The highest BCUT2D eigenvalue weighted by Gasteiger charge is 2.23. The number of pyridine rings is 1. The Morgan fingerprint density at radius 2 is 1.96 bits per heavy atom. The van der Waals surface area contributed by atoms with Crippen LogP contribution in [0, 0.1) is 6.92 Å². The van der Waals surface area contributed by atoms with Crippen molar-refractivity contribution in [2.45, 2.75) is 25.7 Å². The summed E-state index contributed by atoms with van der Waals surface area (Å²) in [5.74, 6) is 0.538. The van der Waals surface area contributed by atoms with Crippen LogP contribution in [0.4, 0.5) is 5.69 Å². The van der Waals surface area contributed by atoms with Gasteiger partial charge < -0.3 is 9.88 Å². The molecule has 1 fully saturated rings. The minimum atomic E-state index is 0.538. The number of H-pyrrole nitrogens is 2. The van der Waals surface area contributed by atoms with Gasteiger partial charge in [0.2, 0.25) is 0 Å². The standard InChI is InChI=1S/C22H23N5/c1-15-3-2-4-17(13-15)27-11-7-16(8-12-27)20-14-21(26-25-20)18-5-9-23-22-19(18)6-10-24-22/h2-6,9-10,13-14,16H,7-8,11-12H2,1H3,(H,23,24)(H,25,26). The van der Waals surface area contributed by atoms with E-state index in [4.69, 9.17) is 0 Å². The van der Waals surface area contributed by atoms with Gasteiger partial charge in [-0.2, -0.15) is 5.10 Å². The van der Waals surface area contributed by atoms with E-state index in [-0.39, 0.29) is 0 Å². The highest BCUT2D eigenvalue weighted by Crippen LogP contribution is 2.33. The molecule has 4 aromatic rings. The summed E-state index contributed by atoms with van der Waals surface area (Å²) in [5.41, 5.74) is 6.93. The molecule has 1 aliphatic heterocycles. The minimum Gasteiger partial charge on any atom is -0.371 e. The van der Waals surface area contributed by atoms with Crippen LogP contribution in [0.5, 0.6) is 0 Å². The minimum absolute atomic E-state index is 0.538. The summed E-state index contributed by atoms with van der Waals surface area (Å²) in [6.45, 7) is 4.32. The molecule has 0 aliphatic carbocycles. The van der Waals surface area contributed by atoms with Crippen LogP contribution in [0.2, 0.25) is 0 Å². The molecule has 0 bridgehead atoms. The van der Waals surface area contributed by atoms with Crippen LogP contribution in [0.15, 0.2) is 54.9 Å². The molecule has 0 saturated carbocycles. The zero-order chi connectivity index (χ0) is 18.2. The third-order valence-electron chi connectivity index (χ3n) is 5.64. The fourth-order valence-electron chi connectivity index (χ4n) is 4.14. The number of benzene rings is 1. The van der Waals surface area contributed by atoms with Gasteiger partial charge in [-0.25, -0.2) is 4.98 Å². The number of nitrogens with zero attached hydrogens (tertiary/aromatic N) is 3. The van der Waals surface area contributed by atoms with Crippen LogP contribution >= 0.6 is 0 Å². The lowest BCUT2D eigenvalue weighted by atomic mass is 9.92. The molecule has 3 aromatic heterocycles. The molecular formula is C22H23N5. The lowest BCUT2D eigenvalue weighted by molar-refractivity contribution is 0.495. The maximum atomic E-state index is 4.60. The predicted molar refractivity (Wildman–Crippen MR) is 109 cm³/mol. The van der Waals surface area contributed by atoms with Crippen molar-refractivity contribution in [2.24, 2.45) is 0 Å². The van der Waals surface area contributed by atoms with Crippen molar-refractivity contribution in [1.29, 1.82) is 0 Å². The summed E-state index contributed by atoms with van der Waals surface area (Å²) in [5, 5.41) is 9.01. The summed E-state index contributed by atoms with van der Waals surface area (Å²) in [6, 6.07) is 15.1. The Hall–Kier alpha value is -3.08. The fourth-order valence-corrected chi connectivity index (χ4v) is 4.14. The van der Waals surface area contributed by atoms with E-state index >= 15 is 0 Å². The van der Waals surface area contributed by atoms with Gasteiger partial charge in [0.25, 0.3) is 0 Å². The number of fused-ring (bicyclic) bond motifs is 1. The van der Waals surface area contributed by atoms with Gasteiger partial charge in [0.1, 0.15) is 5.65 Å². The van der Waals surface area contributed by atoms with Crippen LogP contribution in [0.25, 0.3) is 22.3 Å². The molecule has 1 saturated heterocycles. The van der Waals surface area contributed by atoms with Crippen molar-refractivity contribution in [2.75, 3.05) is 18.0 Å². The average molecular weight is 357 g/mol. The van der Waals surface area contributed by atoms with Crippen LogP contribution in [-0.4, -0.2) is 33.3 Å². The van der Waals surface area contributed by atoms with Crippen LogP contribution < -0.4 is 4.90 Å². The SMILES string of the molecule is Cc1cccc(N2CCC(c3cc(-c4ccnc5[nH]ccc45)n[nH]3)CC2)c1. The zero-order valence-corrected chi connectivity index (χ0v) is 15.4. The summed E-state index contributed by atoms with van der Waals surface area (Å²) >= 11 is 0. The first kappa shape index (κ1) is 16.1. The molecule has 0 amide bonds. The number of nitrogens with one attached hydrogen (secondary N) is 2. The van der Waals surface area contributed by atoms with Gasteiger partial charge in [-0.1, -0.05) is 12.1 Å². The molecule has 0 radical (unpaired) electrons. The van der Waals surface area contributed by atoms with Crippen molar-refractivity contribution in [3.05, 3.63) is 66.1 Å². The van der Waals surface area contributed by atoms with E-state index in [9.17, 15) is 0 Å². The van der Waals surface area contributed by atoms with Crippen LogP contribution in [-0.2, 0) is 0 Å². The van der Waals surface area contributed by atoms with E-state index in [2.05, 4.69) is 68.4 Å². The third-order valence-corrected chi connectivity index (χ3v) is 5.64. The van der Waals surface area contributed by atoms with Gasteiger partial charge in [0.05, 0.1) is 5.69 Å². The summed E-state index contributed by atoms with van der Waals surface area (Å²) in [7, 11) is 0. The second kappa shape index (κ2) is 6.58. The molecular weight excluding hydrogens is 334 g/mol. The number of piperidine rings is 1. The molecule has 0 atom stereocenters. The van der Waals surface area contributed by atoms with E-state index in [0.29, 0.717) is 5.92 Å². The van der Waals surface area contributed by atoms with E-state index in [1.165, 1.54) is 16.9 Å². The number of hydrogen-bond acceptors (Lipinski definition) is 3. The first-order valence-corrected chi connectivity index (χ1v) is 9.57. The molecule has 5 nitrogen and oxygen atoms in total. The second-order valence-electron chi connectivity index (χ2n) is 7.41. The molecule has 0 unspecified atom stereocenters. The third kappa shape index (κ3) is 2.99. The van der Waals surface area contributed by atoms with E-state index in [0.717, 1.165) is 48.2 Å². The number of aromatic amines is 2. The quantitative estimate of drug-likeness (QED) is 0.561. The first-order chi connectivity index (χ1) is 13.3. The van der Waals surface area contributed by atoms with E-state index in [1.54, 1.807) is 0 Å². The zero-order valence-electron chi connectivity index (χ0n) is 15.4. The smallest absolute Gasteiger partial charge is 0.137 e.